The molecule has 1 rings (SSSR count). The summed E-state index contributed by atoms with van der Waals surface area (Å²) < 4.78 is 32.0. The summed E-state index contributed by atoms with van der Waals surface area (Å²) in [5.41, 5.74) is 0. The second-order valence-electron chi connectivity index (χ2n) is 5.49. The minimum atomic E-state index is -4.49. The Morgan fingerprint density at radius 2 is 1.96 bits per heavy atom. The molecule has 5 nitrogen and oxygen atoms in total. The van der Waals surface area contributed by atoms with Crippen LogP contribution >= 0.6 is 81.2 Å². The van der Waals surface area contributed by atoms with Crippen molar-refractivity contribution in [2.45, 2.75) is 36.2 Å². The SMILES string of the molecule is [B][C@H]1C[C@@H](C)[C@@H](C(=C)OP(=O)(OCC(Cl)(Cl)Cl)OP(Cl)(Cl)(Cl)CC)O1. The zero-order valence-corrected chi connectivity index (χ0v) is 19.7. The summed E-state index contributed by atoms with van der Waals surface area (Å²) in [5, 5.41) is 0. The van der Waals surface area contributed by atoms with E-state index < -0.39 is 35.2 Å². The van der Waals surface area contributed by atoms with Gasteiger partial charge in [0.2, 0.25) is 0 Å². The third-order valence-corrected chi connectivity index (χ3v) is 11.1. The molecule has 0 aromatic heterocycles. The van der Waals surface area contributed by atoms with E-state index in [-0.39, 0.29) is 17.8 Å². The minimum absolute atomic E-state index is 0.0472. The molecule has 0 N–H and O–H groups in total. The van der Waals surface area contributed by atoms with Crippen LogP contribution in [0.25, 0.3) is 0 Å². The normalized spacial score (nSPS) is 28.8. The zero-order chi connectivity index (χ0) is 19.7. The average molecular weight is 515 g/mol. The van der Waals surface area contributed by atoms with Gasteiger partial charge in [-0.1, -0.05) is 0 Å². The van der Waals surface area contributed by atoms with Crippen molar-refractivity contribution in [2.75, 3.05) is 12.8 Å². The Bertz CT molecular complexity index is 551. The quantitative estimate of drug-likeness (QED) is 0.153. The van der Waals surface area contributed by atoms with Crippen molar-refractivity contribution >= 4 is 89.1 Å². The van der Waals surface area contributed by atoms with Gasteiger partial charge < -0.3 is 0 Å². The summed E-state index contributed by atoms with van der Waals surface area (Å²) in [4.78, 5) is -4.35. The average Bonchev–Trinajstić information content (AvgIpc) is 2.74. The first-order valence-electron chi connectivity index (χ1n) is 7.03. The molecule has 0 saturated carbocycles. The summed E-state index contributed by atoms with van der Waals surface area (Å²) >= 11 is 34.9. The van der Waals surface area contributed by atoms with Crippen molar-refractivity contribution in [1.82, 2.24) is 0 Å². The van der Waals surface area contributed by atoms with Crippen molar-refractivity contribution in [1.29, 1.82) is 0 Å². The van der Waals surface area contributed by atoms with Crippen LogP contribution < -0.4 is 0 Å². The van der Waals surface area contributed by atoms with Crippen LogP contribution in [0.5, 0.6) is 0 Å². The van der Waals surface area contributed by atoms with Crippen molar-refractivity contribution in [2.24, 2.45) is 5.92 Å². The van der Waals surface area contributed by atoms with Gasteiger partial charge in [0, 0.05) is 0 Å². The molecule has 0 spiro atoms. The third-order valence-electron chi connectivity index (χ3n) is 3.11. The number of halogens is 6. The number of phosphoric ester groups is 1. The number of phosphoric acid groups is 1. The van der Waals surface area contributed by atoms with E-state index in [0.717, 1.165) is 0 Å². The Hall–Kier alpha value is 1.88. The molecule has 0 aromatic carbocycles. The molecule has 0 bridgehead atoms. The van der Waals surface area contributed by atoms with Crippen LogP contribution in [0, 0.1) is 5.92 Å². The van der Waals surface area contributed by atoms with Gasteiger partial charge in [-0.3, -0.25) is 0 Å². The Morgan fingerprint density at radius 3 is 2.36 bits per heavy atom. The van der Waals surface area contributed by atoms with E-state index in [4.69, 9.17) is 94.5 Å². The molecule has 0 aliphatic carbocycles. The van der Waals surface area contributed by atoms with Gasteiger partial charge in [0.05, 0.1) is 0 Å². The van der Waals surface area contributed by atoms with Gasteiger partial charge in [-0.2, -0.15) is 0 Å². The molecule has 1 heterocycles. The summed E-state index contributed by atoms with van der Waals surface area (Å²) in [7, 11) is 1.23. The Kier molecular flexibility index (Phi) is 8.69. The third kappa shape index (κ3) is 8.83. The Balaban J connectivity index is 2.98. The first kappa shape index (κ1) is 24.9. The van der Waals surface area contributed by atoms with Crippen molar-refractivity contribution in [3.8, 4) is 0 Å². The predicted molar refractivity (Wildman–Crippen MR) is 108 cm³/mol. The van der Waals surface area contributed by atoms with Gasteiger partial charge in [-0.05, 0) is 0 Å². The molecule has 2 radical (unpaired) electrons. The van der Waals surface area contributed by atoms with Crippen LogP contribution in [-0.2, 0) is 22.7 Å². The van der Waals surface area contributed by atoms with Gasteiger partial charge in [-0.25, -0.2) is 0 Å². The molecule has 1 unspecified atom stereocenters. The molecule has 0 amide bonds. The van der Waals surface area contributed by atoms with Crippen LogP contribution in [0.4, 0.5) is 0 Å². The van der Waals surface area contributed by atoms with E-state index in [2.05, 4.69) is 6.58 Å². The second kappa shape index (κ2) is 8.72. The van der Waals surface area contributed by atoms with Crippen LogP contribution in [0.3, 0.4) is 0 Å². The molecule has 25 heavy (non-hydrogen) atoms. The summed E-state index contributed by atoms with van der Waals surface area (Å²) in [5.74, 6) is -0.102. The summed E-state index contributed by atoms with van der Waals surface area (Å²) in [6.45, 7) is 6.45. The van der Waals surface area contributed by atoms with Crippen LogP contribution in [0.1, 0.15) is 20.3 Å². The molecule has 1 saturated heterocycles. The maximum absolute atomic E-state index is 13.0. The van der Waals surface area contributed by atoms with Crippen molar-refractivity contribution in [3.63, 3.8) is 0 Å². The molecular weight excluding hydrogens is 498 g/mol. The molecule has 1 aliphatic rings. The van der Waals surface area contributed by atoms with Crippen molar-refractivity contribution < 1.29 is 22.7 Å². The second-order valence-corrected chi connectivity index (χ2v) is 20.4. The molecule has 146 valence electrons. The fraction of sp³-hybridized carbons (Fsp3) is 0.818. The Morgan fingerprint density at radius 1 is 1.40 bits per heavy atom. The van der Waals surface area contributed by atoms with Gasteiger partial charge in [0.25, 0.3) is 0 Å². The van der Waals surface area contributed by atoms with Gasteiger partial charge in [0.1, 0.15) is 0 Å². The predicted octanol–water partition coefficient (Wildman–Crippen LogP) is 6.90. The molecule has 4 atom stereocenters. The molecule has 1 fully saturated rings. The van der Waals surface area contributed by atoms with Crippen LogP contribution in [0.15, 0.2) is 12.3 Å². The fourth-order valence-electron chi connectivity index (χ4n) is 1.92. The van der Waals surface area contributed by atoms with Gasteiger partial charge in [0.15, 0.2) is 0 Å². The summed E-state index contributed by atoms with van der Waals surface area (Å²) in [6, 6.07) is -0.508. The number of hydrogen-bond acceptors (Lipinski definition) is 5. The first-order chi connectivity index (χ1) is 11.0. The van der Waals surface area contributed by atoms with E-state index in [1.807, 2.05) is 6.92 Å². The fourth-order valence-corrected chi connectivity index (χ4v) is 7.40. The number of ether oxygens (including phenoxy) is 1. The first-order valence-corrected chi connectivity index (χ1v) is 14.7. The topological polar surface area (TPSA) is 54.0 Å². The van der Waals surface area contributed by atoms with E-state index >= 15 is 0 Å². The standard InChI is InChI=1S/C11H17BCl6O5P2/c1-4-25(16,17,18)23-24(19,20-6-11(13,14)15)22-8(3)10-7(2)5-9(12)21-10/h7,9-10H,3-6H2,1-2H3/t7-,9-,10+,24?/m1/s1. The van der Waals surface area contributed by atoms with Gasteiger partial charge in [-0.15, -0.1) is 0 Å². The Labute approximate surface area is 178 Å². The van der Waals surface area contributed by atoms with Gasteiger partial charge >= 0.3 is 179 Å². The summed E-state index contributed by atoms with van der Waals surface area (Å²) in [6.07, 6.45) is -0.131. The molecule has 14 heteroatoms. The molecule has 0 aromatic rings. The molecule has 1 aliphatic heterocycles. The van der Waals surface area contributed by atoms with E-state index in [0.29, 0.717) is 6.42 Å². The van der Waals surface area contributed by atoms with Crippen LogP contribution in [-0.4, -0.2) is 36.5 Å². The van der Waals surface area contributed by atoms with E-state index in [9.17, 15) is 4.57 Å². The number of alkyl halides is 3. The zero-order valence-electron chi connectivity index (χ0n) is 13.3. The maximum atomic E-state index is 13.0. The monoisotopic (exact) mass is 512 g/mol. The van der Waals surface area contributed by atoms with E-state index in [1.54, 1.807) is 6.92 Å². The number of hydrogen-bond donors (Lipinski definition) is 0. The number of rotatable bonds is 8. The van der Waals surface area contributed by atoms with Crippen molar-refractivity contribution in [3.05, 3.63) is 12.3 Å². The molecular formula is C11H17BCl6O5P2. The van der Waals surface area contributed by atoms with Crippen LogP contribution in [0.2, 0.25) is 0 Å². The van der Waals surface area contributed by atoms with E-state index in [1.165, 1.54) is 0 Å².